The first kappa shape index (κ1) is 15.5. The van der Waals surface area contributed by atoms with E-state index in [2.05, 4.69) is 4.98 Å². The number of benzene rings is 1. The highest BCUT2D eigenvalue weighted by atomic mass is 35.5. The van der Waals surface area contributed by atoms with Crippen LogP contribution in [0.5, 0.6) is 0 Å². The second kappa shape index (κ2) is 5.99. The predicted octanol–water partition coefficient (Wildman–Crippen LogP) is 2.52. The van der Waals surface area contributed by atoms with Gasteiger partial charge in [0.15, 0.2) is 0 Å². The largest absolute Gasteiger partial charge is 0.396 e. The molecule has 1 fully saturated rings. The second-order valence-electron chi connectivity index (χ2n) is 5.78. The molecule has 118 valence electrons. The van der Waals surface area contributed by atoms with Gasteiger partial charge in [0.25, 0.3) is 0 Å². The molecule has 1 aliphatic heterocycles. The molecule has 3 rings (SSSR count). The van der Waals surface area contributed by atoms with Gasteiger partial charge < -0.3 is 15.1 Å². The topological polar surface area (TPSA) is 56.6 Å². The van der Waals surface area contributed by atoms with E-state index >= 15 is 0 Å². The van der Waals surface area contributed by atoms with Crippen molar-refractivity contribution in [3.63, 3.8) is 0 Å². The molecule has 0 amide bonds. The van der Waals surface area contributed by atoms with Crippen LogP contribution in [-0.4, -0.2) is 41.0 Å². The van der Waals surface area contributed by atoms with Crippen molar-refractivity contribution >= 4 is 28.3 Å². The number of fused-ring (bicyclic) bond motifs is 1. The van der Waals surface area contributed by atoms with Gasteiger partial charge in [-0.05, 0) is 31.5 Å². The van der Waals surface area contributed by atoms with E-state index < -0.39 is 6.10 Å². The van der Waals surface area contributed by atoms with E-state index in [1.165, 1.54) is 12.1 Å². The van der Waals surface area contributed by atoms with Crippen LogP contribution in [0.4, 0.5) is 10.2 Å². The van der Waals surface area contributed by atoms with Crippen molar-refractivity contribution < 1.29 is 14.6 Å². The number of aliphatic hydroxyl groups excluding tert-OH is 2. The van der Waals surface area contributed by atoms with Crippen LogP contribution in [0.2, 0.25) is 5.02 Å². The van der Waals surface area contributed by atoms with Crippen LogP contribution in [-0.2, 0) is 0 Å². The molecule has 6 heteroatoms. The van der Waals surface area contributed by atoms with Gasteiger partial charge in [0.05, 0.1) is 23.3 Å². The lowest BCUT2D eigenvalue weighted by Crippen LogP contribution is -2.45. The van der Waals surface area contributed by atoms with Crippen LogP contribution < -0.4 is 4.90 Å². The molecule has 1 aliphatic rings. The summed E-state index contributed by atoms with van der Waals surface area (Å²) in [5.41, 5.74) is 1.42. The number of aromatic nitrogens is 1. The number of rotatable bonds is 2. The number of hydrogen-bond donors (Lipinski definition) is 2. The highest BCUT2D eigenvalue weighted by molar-refractivity contribution is 6.36. The van der Waals surface area contributed by atoms with Crippen molar-refractivity contribution in [3.05, 3.63) is 34.6 Å². The minimum atomic E-state index is -0.494. The number of halogens is 2. The van der Waals surface area contributed by atoms with Gasteiger partial charge in [-0.3, -0.25) is 0 Å². The third-order valence-corrected chi connectivity index (χ3v) is 4.80. The van der Waals surface area contributed by atoms with E-state index in [4.69, 9.17) is 11.6 Å². The normalized spacial score (nSPS) is 22.3. The van der Waals surface area contributed by atoms with Gasteiger partial charge in [0.2, 0.25) is 0 Å². The number of anilines is 1. The Morgan fingerprint density at radius 3 is 2.95 bits per heavy atom. The van der Waals surface area contributed by atoms with Crippen molar-refractivity contribution in [2.24, 2.45) is 5.92 Å². The Bertz CT molecular complexity index is 710. The lowest BCUT2D eigenvalue weighted by Gasteiger charge is -2.37. The summed E-state index contributed by atoms with van der Waals surface area (Å²) in [6.45, 7) is 2.96. The Hall–Kier alpha value is -1.43. The van der Waals surface area contributed by atoms with E-state index in [1.54, 1.807) is 6.07 Å². The highest BCUT2D eigenvalue weighted by Crippen LogP contribution is 2.34. The third kappa shape index (κ3) is 2.64. The van der Waals surface area contributed by atoms with E-state index in [0.717, 1.165) is 11.4 Å². The van der Waals surface area contributed by atoms with E-state index in [0.29, 0.717) is 35.4 Å². The molecule has 0 bridgehead atoms. The fourth-order valence-corrected chi connectivity index (χ4v) is 3.22. The molecule has 4 nitrogen and oxygen atoms in total. The Labute approximate surface area is 133 Å². The molecule has 1 saturated heterocycles. The fraction of sp³-hybridized carbons (Fsp3) is 0.438. The van der Waals surface area contributed by atoms with Crippen LogP contribution in [0, 0.1) is 18.7 Å². The zero-order valence-corrected chi connectivity index (χ0v) is 13.0. The zero-order valence-electron chi connectivity index (χ0n) is 12.3. The maximum atomic E-state index is 13.4. The van der Waals surface area contributed by atoms with E-state index in [-0.39, 0.29) is 18.3 Å². The molecule has 0 saturated carbocycles. The summed E-state index contributed by atoms with van der Waals surface area (Å²) in [4.78, 5) is 6.63. The summed E-state index contributed by atoms with van der Waals surface area (Å²) in [6, 6.07) is 4.36. The summed E-state index contributed by atoms with van der Waals surface area (Å²) >= 11 is 6.39. The van der Waals surface area contributed by atoms with Gasteiger partial charge in [0, 0.05) is 30.0 Å². The first-order valence-electron chi connectivity index (χ1n) is 7.30. The molecule has 2 atom stereocenters. The molecule has 0 aliphatic carbocycles. The van der Waals surface area contributed by atoms with Crippen molar-refractivity contribution in [2.75, 3.05) is 24.6 Å². The molecule has 0 spiro atoms. The summed E-state index contributed by atoms with van der Waals surface area (Å²) < 4.78 is 13.4. The Morgan fingerprint density at radius 1 is 1.45 bits per heavy atom. The quantitative estimate of drug-likeness (QED) is 0.891. The minimum Gasteiger partial charge on any atom is -0.396 e. The van der Waals surface area contributed by atoms with E-state index in [9.17, 15) is 14.6 Å². The molecule has 2 N–H and O–H groups in total. The van der Waals surface area contributed by atoms with Crippen molar-refractivity contribution in [3.8, 4) is 0 Å². The monoisotopic (exact) mass is 324 g/mol. The first-order valence-corrected chi connectivity index (χ1v) is 7.68. The Morgan fingerprint density at radius 2 is 2.23 bits per heavy atom. The SMILES string of the molecule is Cc1c(N2CCC(O)C(CO)C2)nc2ccc(F)cc2c1Cl. The number of nitrogens with zero attached hydrogens (tertiary/aromatic N) is 2. The smallest absolute Gasteiger partial charge is 0.133 e. The lowest BCUT2D eigenvalue weighted by atomic mass is 9.95. The van der Waals surface area contributed by atoms with Crippen LogP contribution in [0.3, 0.4) is 0 Å². The summed E-state index contributed by atoms with van der Waals surface area (Å²) in [6.07, 6.45) is 0.0809. The van der Waals surface area contributed by atoms with Crippen LogP contribution in [0.25, 0.3) is 10.9 Å². The van der Waals surface area contributed by atoms with Crippen molar-refractivity contribution in [1.82, 2.24) is 4.98 Å². The molecule has 0 radical (unpaired) electrons. The van der Waals surface area contributed by atoms with Gasteiger partial charge in [0.1, 0.15) is 11.6 Å². The maximum absolute atomic E-state index is 13.4. The van der Waals surface area contributed by atoms with Gasteiger partial charge in [-0.25, -0.2) is 9.37 Å². The average Bonchev–Trinajstić information content (AvgIpc) is 2.52. The molecule has 1 aromatic heterocycles. The molecular formula is C16H18ClFN2O2. The summed E-state index contributed by atoms with van der Waals surface area (Å²) in [5, 5.41) is 20.4. The maximum Gasteiger partial charge on any atom is 0.133 e. The first-order chi connectivity index (χ1) is 10.5. The fourth-order valence-electron chi connectivity index (χ4n) is 2.98. The highest BCUT2D eigenvalue weighted by Gasteiger charge is 2.29. The molecule has 1 aromatic carbocycles. The Balaban J connectivity index is 2.04. The van der Waals surface area contributed by atoms with Crippen molar-refractivity contribution in [1.29, 1.82) is 0 Å². The number of hydrogen-bond acceptors (Lipinski definition) is 4. The van der Waals surface area contributed by atoms with Gasteiger partial charge in [-0.15, -0.1) is 0 Å². The molecule has 2 heterocycles. The predicted molar refractivity (Wildman–Crippen MR) is 84.9 cm³/mol. The molecular weight excluding hydrogens is 307 g/mol. The zero-order chi connectivity index (χ0) is 15.9. The average molecular weight is 325 g/mol. The van der Waals surface area contributed by atoms with Crippen molar-refractivity contribution in [2.45, 2.75) is 19.4 Å². The van der Waals surface area contributed by atoms with E-state index in [1.807, 2.05) is 11.8 Å². The third-order valence-electron chi connectivity index (χ3n) is 4.31. The van der Waals surface area contributed by atoms with Gasteiger partial charge in [-0.1, -0.05) is 11.6 Å². The number of aliphatic hydroxyl groups is 2. The minimum absolute atomic E-state index is 0.0662. The number of pyridine rings is 1. The lowest BCUT2D eigenvalue weighted by molar-refractivity contribution is 0.0524. The Kier molecular flexibility index (Phi) is 4.21. The molecule has 22 heavy (non-hydrogen) atoms. The summed E-state index contributed by atoms with van der Waals surface area (Å²) in [7, 11) is 0. The van der Waals surface area contributed by atoms with Gasteiger partial charge in [-0.2, -0.15) is 0 Å². The van der Waals surface area contributed by atoms with Crippen LogP contribution in [0.1, 0.15) is 12.0 Å². The van der Waals surface area contributed by atoms with Crippen LogP contribution >= 0.6 is 11.6 Å². The standard InChI is InChI=1S/C16H18ClFN2O2/c1-9-15(17)12-6-11(18)2-3-13(12)19-16(9)20-5-4-14(22)10(7-20)8-21/h2-3,6,10,14,21-22H,4-5,7-8H2,1H3. The second-order valence-corrected chi connectivity index (χ2v) is 6.16. The van der Waals surface area contributed by atoms with Crippen LogP contribution in [0.15, 0.2) is 18.2 Å². The molecule has 2 aromatic rings. The summed E-state index contributed by atoms with van der Waals surface area (Å²) in [5.74, 6) is 0.192. The molecule has 2 unspecified atom stereocenters. The number of piperidine rings is 1. The van der Waals surface area contributed by atoms with Gasteiger partial charge >= 0.3 is 0 Å².